The molecule has 2 aromatic carbocycles. The van der Waals surface area contributed by atoms with E-state index in [1.54, 1.807) is 31.0 Å². The molecule has 0 aliphatic rings. The van der Waals surface area contributed by atoms with Crippen LogP contribution in [0.2, 0.25) is 0 Å². The zero-order valence-corrected chi connectivity index (χ0v) is 18.1. The van der Waals surface area contributed by atoms with Gasteiger partial charge in [0.05, 0.1) is 25.0 Å². The maximum atomic E-state index is 13.1. The van der Waals surface area contributed by atoms with Gasteiger partial charge in [-0.15, -0.1) is 0 Å². The molecule has 0 amide bonds. The van der Waals surface area contributed by atoms with Crippen LogP contribution >= 0.6 is 0 Å². The molecule has 0 radical (unpaired) electrons. The SMILES string of the molecule is CN=C(NCCc1ccn(-c2ccc(F)cc2)n1)N(C)CCOc1ccc(OC)cc1. The van der Waals surface area contributed by atoms with Gasteiger partial charge in [-0.1, -0.05) is 0 Å². The number of ether oxygens (including phenoxy) is 2. The van der Waals surface area contributed by atoms with E-state index in [0.29, 0.717) is 19.7 Å². The standard InChI is InChI=1S/C23H28FN5O2/c1-25-23(28(2)16-17-31-22-10-8-21(30-3)9-11-22)26-14-12-19-13-15-29(27-19)20-6-4-18(24)5-7-20/h4-11,13,15H,12,14,16-17H2,1-3H3,(H,25,26). The van der Waals surface area contributed by atoms with E-state index in [2.05, 4.69) is 15.4 Å². The van der Waals surface area contributed by atoms with Crippen molar-refractivity contribution in [3.05, 3.63) is 72.3 Å². The minimum absolute atomic E-state index is 0.259. The van der Waals surface area contributed by atoms with E-state index in [9.17, 15) is 4.39 Å². The second-order valence-corrected chi connectivity index (χ2v) is 6.90. The molecule has 8 heteroatoms. The monoisotopic (exact) mass is 425 g/mol. The molecule has 0 bridgehead atoms. The summed E-state index contributed by atoms with van der Waals surface area (Å²) in [5.41, 5.74) is 1.77. The number of guanidine groups is 1. The highest BCUT2D eigenvalue weighted by Crippen LogP contribution is 2.16. The van der Waals surface area contributed by atoms with Gasteiger partial charge in [0.2, 0.25) is 0 Å². The molecule has 0 atom stereocenters. The van der Waals surface area contributed by atoms with Crippen LogP contribution in [0.5, 0.6) is 11.5 Å². The summed E-state index contributed by atoms with van der Waals surface area (Å²) in [6.45, 7) is 1.91. The molecule has 3 rings (SSSR count). The Morgan fingerprint density at radius 2 is 1.81 bits per heavy atom. The Morgan fingerprint density at radius 1 is 1.10 bits per heavy atom. The zero-order valence-electron chi connectivity index (χ0n) is 18.1. The van der Waals surface area contributed by atoms with Gasteiger partial charge in [-0.25, -0.2) is 9.07 Å². The van der Waals surface area contributed by atoms with Gasteiger partial charge in [0.1, 0.15) is 23.9 Å². The van der Waals surface area contributed by atoms with E-state index in [-0.39, 0.29) is 5.82 Å². The normalized spacial score (nSPS) is 11.3. The van der Waals surface area contributed by atoms with Gasteiger partial charge in [0, 0.05) is 33.3 Å². The van der Waals surface area contributed by atoms with Crippen LogP contribution < -0.4 is 14.8 Å². The minimum atomic E-state index is -0.259. The van der Waals surface area contributed by atoms with Crippen molar-refractivity contribution in [3.8, 4) is 17.2 Å². The van der Waals surface area contributed by atoms with Crippen LogP contribution in [0.1, 0.15) is 5.69 Å². The summed E-state index contributed by atoms with van der Waals surface area (Å²) >= 11 is 0. The number of likely N-dealkylation sites (N-methyl/N-ethyl adjacent to an activating group) is 1. The fraction of sp³-hybridized carbons (Fsp3) is 0.304. The fourth-order valence-corrected chi connectivity index (χ4v) is 3.00. The van der Waals surface area contributed by atoms with E-state index in [1.807, 2.05) is 48.5 Å². The van der Waals surface area contributed by atoms with Crippen LogP contribution in [0.4, 0.5) is 4.39 Å². The van der Waals surface area contributed by atoms with Crippen LogP contribution in [-0.4, -0.2) is 61.5 Å². The number of hydrogen-bond acceptors (Lipinski definition) is 4. The van der Waals surface area contributed by atoms with Gasteiger partial charge in [0.15, 0.2) is 5.96 Å². The van der Waals surface area contributed by atoms with Crippen molar-refractivity contribution < 1.29 is 13.9 Å². The number of nitrogens with zero attached hydrogens (tertiary/aromatic N) is 4. The highest BCUT2D eigenvalue weighted by Gasteiger charge is 2.07. The molecule has 3 aromatic rings. The van der Waals surface area contributed by atoms with Crippen LogP contribution in [0.15, 0.2) is 65.8 Å². The molecule has 31 heavy (non-hydrogen) atoms. The summed E-state index contributed by atoms with van der Waals surface area (Å²) in [6.07, 6.45) is 2.61. The molecule has 0 saturated heterocycles. The fourth-order valence-electron chi connectivity index (χ4n) is 3.00. The largest absolute Gasteiger partial charge is 0.497 e. The molecule has 7 nitrogen and oxygen atoms in total. The second-order valence-electron chi connectivity index (χ2n) is 6.90. The Labute approximate surface area is 182 Å². The van der Waals surface area contributed by atoms with Crippen LogP contribution in [0.25, 0.3) is 5.69 Å². The van der Waals surface area contributed by atoms with E-state index >= 15 is 0 Å². The number of aliphatic imine (C=N–C) groups is 1. The number of halogens is 1. The molecule has 0 fully saturated rings. The number of hydrogen-bond donors (Lipinski definition) is 1. The quantitative estimate of drug-likeness (QED) is 0.422. The minimum Gasteiger partial charge on any atom is -0.497 e. The molecule has 0 aliphatic carbocycles. The van der Waals surface area contributed by atoms with Crippen molar-refractivity contribution in [2.45, 2.75) is 6.42 Å². The van der Waals surface area contributed by atoms with Crippen molar-refractivity contribution in [1.82, 2.24) is 20.0 Å². The molecule has 0 spiro atoms. The van der Waals surface area contributed by atoms with Crippen molar-refractivity contribution in [2.24, 2.45) is 4.99 Å². The first kappa shape index (κ1) is 22.1. The van der Waals surface area contributed by atoms with Crippen molar-refractivity contribution in [2.75, 3.05) is 40.9 Å². The predicted molar refractivity (Wildman–Crippen MR) is 120 cm³/mol. The Morgan fingerprint density at radius 3 is 2.48 bits per heavy atom. The molecule has 0 unspecified atom stereocenters. The van der Waals surface area contributed by atoms with E-state index in [1.165, 1.54) is 12.1 Å². The summed E-state index contributed by atoms with van der Waals surface area (Å²) in [5, 5.41) is 7.89. The number of nitrogens with one attached hydrogen (secondary N) is 1. The number of rotatable bonds is 9. The van der Waals surface area contributed by atoms with Crippen molar-refractivity contribution >= 4 is 5.96 Å². The smallest absolute Gasteiger partial charge is 0.193 e. The maximum absolute atomic E-state index is 13.1. The Bertz CT molecular complexity index is 970. The van der Waals surface area contributed by atoms with Gasteiger partial charge in [-0.3, -0.25) is 4.99 Å². The average molecular weight is 426 g/mol. The molecule has 1 N–H and O–H groups in total. The van der Waals surface area contributed by atoms with Crippen molar-refractivity contribution in [1.29, 1.82) is 0 Å². The van der Waals surface area contributed by atoms with Gasteiger partial charge >= 0.3 is 0 Å². The summed E-state index contributed by atoms with van der Waals surface area (Å²) < 4.78 is 25.7. The lowest BCUT2D eigenvalue weighted by Crippen LogP contribution is -2.41. The molecular weight excluding hydrogens is 397 g/mol. The Hall–Kier alpha value is -3.55. The van der Waals surface area contributed by atoms with Crippen molar-refractivity contribution in [3.63, 3.8) is 0 Å². The first-order valence-electron chi connectivity index (χ1n) is 10.1. The van der Waals surface area contributed by atoms with Crippen LogP contribution in [-0.2, 0) is 6.42 Å². The van der Waals surface area contributed by atoms with Gasteiger partial charge < -0.3 is 19.7 Å². The lowest BCUT2D eigenvalue weighted by atomic mass is 10.3. The number of aromatic nitrogens is 2. The molecule has 1 aromatic heterocycles. The molecule has 0 aliphatic heterocycles. The van der Waals surface area contributed by atoms with Crippen LogP contribution in [0, 0.1) is 5.82 Å². The first-order valence-corrected chi connectivity index (χ1v) is 10.1. The van der Waals surface area contributed by atoms with Gasteiger partial charge in [-0.05, 0) is 54.6 Å². The topological polar surface area (TPSA) is 63.9 Å². The molecular formula is C23H28FN5O2. The third kappa shape index (κ3) is 6.47. The summed E-state index contributed by atoms with van der Waals surface area (Å²) in [5.74, 6) is 2.13. The number of methoxy groups -OCH3 is 1. The second kappa shape index (κ2) is 11.0. The summed E-state index contributed by atoms with van der Waals surface area (Å²) in [4.78, 5) is 6.34. The highest BCUT2D eigenvalue weighted by molar-refractivity contribution is 5.79. The first-order chi connectivity index (χ1) is 15.1. The Balaban J connectivity index is 1.41. The number of benzene rings is 2. The lowest BCUT2D eigenvalue weighted by Gasteiger charge is -2.22. The predicted octanol–water partition coefficient (Wildman–Crippen LogP) is 3.15. The third-order valence-electron chi connectivity index (χ3n) is 4.73. The maximum Gasteiger partial charge on any atom is 0.193 e. The summed E-state index contributed by atoms with van der Waals surface area (Å²) in [6, 6.07) is 15.7. The van der Waals surface area contributed by atoms with Gasteiger partial charge in [0.25, 0.3) is 0 Å². The third-order valence-corrected chi connectivity index (χ3v) is 4.73. The molecule has 164 valence electrons. The summed E-state index contributed by atoms with van der Waals surface area (Å²) in [7, 11) is 5.36. The Kier molecular flexibility index (Phi) is 7.86. The lowest BCUT2D eigenvalue weighted by molar-refractivity contribution is 0.281. The van der Waals surface area contributed by atoms with E-state index in [4.69, 9.17) is 9.47 Å². The molecule has 1 heterocycles. The zero-order chi connectivity index (χ0) is 22.1. The van der Waals surface area contributed by atoms with E-state index < -0.39 is 0 Å². The van der Waals surface area contributed by atoms with Gasteiger partial charge in [-0.2, -0.15) is 5.10 Å². The van der Waals surface area contributed by atoms with Crippen LogP contribution in [0.3, 0.4) is 0 Å². The molecule has 0 saturated carbocycles. The highest BCUT2D eigenvalue weighted by atomic mass is 19.1. The average Bonchev–Trinajstić information content (AvgIpc) is 3.26. The van der Waals surface area contributed by atoms with E-state index in [0.717, 1.165) is 35.3 Å².